The Kier molecular flexibility index (Phi) is 7.70. The molecule has 3 aliphatic rings. The number of carbonyl (C=O) groups excluding carboxylic acids is 3. The van der Waals surface area contributed by atoms with Gasteiger partial charge >= 0.3 is 0 Å². The summed E-state index contributed by atoms with van der Waals surface area (Å²) in [6.45, 7) is 15.6. The van der Waals surface area contributed by atoms with Gasteiger partial charge in [0.1, 0.15) is 11.6 Å². The molecule has 0 aromatic carbocycles. The predicted octanol–water partition coefficient (Wildman–Crippen LogP) is 1.96. The van der Waals surface area contributed by atoms with E-state index in [0.29, 0.717) is 25.9 Å². The van der Waals surface area contributed by atoms with E-state index in [0.717, 1.165) is 0 Å². The molecule has 1 N–H and O–H groups in total. The van der Waals surface area contributed by atoms with Crippen LogP contribution < -0.4 is 0 Å². The van der Waals surface area contributed by atoms with Crippen molar-refractivity contribution < 1.29 is 24.2 Å². The molecule has 3 aliphatic heterocycles. The first-order chi connectivity index (χ1) is 15.9. The summed E-state index contributed by atoms with van der Waals surface area (Å²) in [4.78, 5) is 46.3. The van der Waals surface area contributed by atoms with Gasteiger partial charge in [-0.1, -0.05) is 35.0 Å². The highest BCUT2D eigenvalue weighted by Crippen LogP contribution is 2.61. The highest BCUT2D eigenvalue weighted by atomic mass is 79.9. The molecule has 34 heavy (non-hydrogen) atoms. The quantitative estimate of drug-likeness (QED) is 0.357. The van der Waals surface area contributed by atoms with Gasteiger partial charge in [-0.25, -0.2) is 0 Å². The van der Waals surface area contributed by atoms with Crippen molar-refractivity contribution in [3.63, 3.8) is 0 Å². The Morgan fingerprint density at radius 2 is 1.91 bits per heavy atom. The van der Waals surface area contributed by atoms with Gasteiger partial charge in [-0.3, -0.25) is 14.4 Å². The minimum atomic E-state index is -1.14. The second kappa shape index (κ2) is 9.74. The number of hydrogen-bond donors (Lipinski definition) is 1. The average molecular weight is 540 g/mol. The van der Waals surface area contributed by atoms with E-state index in [1.165, 1.54) is 4.90 Å². The maximum absolute atomic E-state index is 14.2. The third kappa shape index (κ3) is 4.03. The summed E-state index contributed by atoms with van der Waals surface area (Å²) >= 11 is 3.68. The number of ether oxygens (including phenoxy) is 1. The summed E-state index contributed by atoms with van der Waals surface area (Å²) in [5, 5.41) is 10.1. The second-order valence-corrected chi connectivity index (χ2v) is 11.7. The smallest absolute Gasteiger partial charge is 0.249 e. The van der Waals surface area contributed by atoms with Crippen LogP contribution in [0.5, 0.6) is 0 Å². The molecule has 190 valence electrons. The SMILES string of the molecule is C=CCN(C)C(=O)[C@H]1[C@@H]2OC3(CC2Br)C(C(=O)N(CC=C)C(C)(C)C)N([C@@H](CC)CO)C(=O)[C@H]13. The van der Waals surface area contributed by atoms with Crippen LogP contribution in [0.2, 0.25) is 0 Å². The molecule has 8 nitrogen and oxygen atoms in total. The van der Waals surface area contributed by atoms with Crippen molar-refractivity contribution in [1.29, 1.82) is 0 Å². The van der Waals surface area contributed by atoms with Crippen LogP contribution in [0, 0.1) is 11.8 Å². The van der Waals surface area contributed by atoms with Crippen molar-refractivity contribution in [2.45, 2.75) is 74.7 Å². The molecule has 3 fully saturated rings. The van der Waals surface area contributed by atoms with Gasteiger partial charge in [0.05, 0.1) is 30.6 Å². The lowest BCUT2D eigenvalue weighted by Crippen LogP contribution is -2.61. The molecular formula is C25H38BrN3O5. The van der Waals surface area contributed by atoms with E-state index in [4.69, 9.17) is 4.74 Å². The maximum Gasteiger partial charge on any atom is 0.249 e. The van der Waals surface area contributed by atoms with Gasteiger partial charge in [-0.2, -0.15) is 0 Å². The number of amides is 3. The number of fused-ring (bicyclic) bond motifs is 1. The second-order valence-electron chi connectivity index (χ2n) is 10.6. The van der Waals surface area contributed by atoms with E-state index in [9.17, 15) is 19.5 Å². The summed E-state index contributed by atoms with van der Waals surface area (Å²) in [5.74, 6) is -2.24. The Balaban J connectivity index is 2.15. The number of aliphatic hydroxyl groups is 1. The molecule has 7 atom stereocenters. The Morgan fingerprint density at radius 1 is 1.29 bits per heavy atom. The normalized spacial score (nSPS) is 33.0. The minimum Gasteiger partial charge on any atom is -0.394 e. The van der Waals surface area contributed by atoms with E-state index in [1.807, 2.05) is 27.7 Å². The Labute approximate surface area is 211 Å². The van der Waals surface area contributed by atoms with E-state index >= 15 is 0 Å². The Hall–Kier alpha value is -1.71. The van der Waals surface area contributed by atoms with Crippen LogP contribution in [-0.2, 0) is 19.1 Å². The van der Waals surface area contributed by atoms with Crippen molar-refractivity contribution in [2.24, 2.45) is 11.8 Å². The maximum atomic E-state index is 14.2. The Morgan fingerprint density at radius 3 is 2.41 bits per heavy atom. The van der Waals surface area contributed by atoms with E-state index in [-0.39, 0.29) is 29.2 Å². The number of alkyl halides is 1. The zero-order valence-corrected chi connectivity index (χ0v) is 22.5. The summed E-state index contributed by atoms with van der Waals surface area (Å²) in [5.41, 5.74) is -1.67. The molecular weight excluding hydrogens is 502 g/mol. The highest BCUT2D eigenvalue weighted by molar-refractivity contribution is 9.09. The molecule has 3 amide bonds. The highest BCUT2D eigenvalue weighted by Gasteiger charge is 2.77. The molecule has 9 heteroatoms. The van der Waals surface area contributed by atoms with Crippen molar-refractivity contribution in [1.82, 2.24) is 14.7 Å². The fraction of sp³-hybridized carbons (Fsp3) is 0.720. The summed E-state index contributed by atoms with van der Waals surface area (Å²) in [6.07, 6.45) is 3.70. The fourth-order valence-electron chi connectivity index (χ4n) is 5.95. The average Bonchev–Trinajstić information content (AvgIpc) is 3.35. The monoisotopic (exact) mass is 539 g/mol. The number of aliphatic hydroxyl groups excluding tert-OH is 1. The predicted molar refractivity (Wildman–Crippen MR) is 133 cm³/mol. The van der Waals surface area contributed by atoms with Crippen LogP contribution in [0.1, 0.15) is 40.5 Å². The van der Waals surface area contributed by atoms with E-state index in [2.05, 4.69) is 29.1 Å². The molecule has 0 aliphatic carbocycles. The van der Waals surface area contributed by atoms with Crippen LogP contribution in [0.15, 0.2) is 25.3 Å². The molecule has 1 spiro atoms. The Bertz CT molecular complexity index is 854. The van der Waals surface area contributed by atoms with Gasteiger partial charge in [-0.05, 0) is 33.6 Å². The summed E-state index contributed by atoms with van der Waals surface area (Å²) in [7, 11) is 1.68. The van der Waals surface area contributed by atoms with Gasteiger partial charge in [-0.15, -0.1) is 13.2 Å². The lowest BCUT2D eigenvalue weighted by molar-refractivity contribution is -0.154. The van der Waals surface area contributed by atoms with Gasteiger partial charge in [0.15, 0.2) is 0 Å². The number of nitrogens with zero attached hydrogens (tertiary/aromatic N) is 3. The number of rotatable bonds is 9. The zero-order chi connectivity index (χ0) is 25.6. The number of hydrogen-bond acceptors (Lipinski definition) is 5. The van der Waals surface area contributed by atoms with E-state index < -0.39 is 41.2 Å². The molecule has 0 aromatic rings. The van der Waals surface area contributed by atoms with Gasteiger partial charge < -0.3 is 24.5 Å². The van der Waals surface area contributed by atoms with E-state index in [1.54, 1.807) is 29.0 Å². The largest absolute Gasteiger partial charge is 0.394 e. The number of likely N-dealkylation sites (N-methyl/N-ethyl adjacent to an activating group) is 1. The van der Waals surface area contributed by atoms with Crippen molar-refractivity contribution in [3.05, 3.63) is 25.3 Å². The molecule has 3 rings (SSSR count). The number of carbonyl (C=O) groups is 3. The standard InChI is InChI=1S/C25H38BrN3O5/c1-8-11-27(7)21(31)17-18-22(32)29(15(10-3)14-30)20(25(18)13-16(26)19(17)34-25)23(33)28(12-9-2)24(4,5)6/h8-9,15-20,30H,1-2,10-14H2,3-7H3/t15-,16?,17+,18-,19+,20?,25?/m0/s1. The lowest BCUT2D eigenvalue weighted by Gasteiger charge is -2.43. The molecule has 3 unspecified atom stereocenters. The zero-order valence-electron chi connectivity index (χ0n) is 20.9. The molecule has 3 saturated heterocycles. The topological polar surface area (TPSA) is 90.4 Å². The van der Waals surface area contributed by atoms with Gasteiger partial charge in [0, 0.05) is 30.5 Å². The number of halogens is 1. The molecule has 0 saturated carbocycles. The molecule has 0 radical (unpaired) electrons. The lowest BCUT2D eigenvalue weighted by atomic mass is 9.70. The first-order valence-electron chi connectivity index (χ1n) is 11.9. The molecule has 0 aromatic heterocycles. The first-order valence-corrected chi connectivity index (χ1v) is 12.9. The van der Waals surface area contributed by atoms with Crippen molar-refractivity contribution in [2.75, 3.05) is 26.7 Å². The van der Waals surface area contributed by atoms with Crippen LogP contribution in [0.3, 0.4) is 0 Å². The van der Waals surface area contributed by atoms with Crippen molar-refractivity contribution in [3.8, 4) is 0 Å². The number of likely N-dealkylation sites (tertiary alicyclic amines) is 1. The molecule has 3 heterocycles. The summed E-state index contributed by atoms with van der Waals surface area (Å²) < 4.78 is 6.54. The fourth-order valence-corrected chi connectivity index (χ4v) is 6.89. The van der Waals surface area contributed by atoms with Crippen molar-refractivity contribution >= 4 is 33.7 Å². The minimum absolute atomic E-state index is 0.172. The van der Waals surface area contributed by atoms with Crippen LogP contribution >= 0.6 is 15.9 Å². The van der Waals surface area contributed by atoms with Gasteiger partial charge in [0.2, 0.25) is 17.7 Å². The van der Waals surface area contributed by atoms with Crippen LogP contribution in [0.4, 0.5) is 0 Å². The van der Waals surface area contributed by atoms with Gasteiger partial charge in [0.25, 0.3) is 0 Å². The summed E-state index contributed by atoms with van der Waals surface area (Å²) in [6, 6.07) is -1.49. The third-order valence-electron chi connectivity index (χ3n) is 7.49. The van der Waals surface area contributed by atoms with Crippen LogP contribution in [0.25, 0.3) is 0 Å². The first kappa shape index (κ1) is 26.9. The van der Waals surface area contributed by atoms with Crippen LogP contribution in [-0.4, -0.2) is 98.4 Å². The third-order valence-corrected chi connectivity index (χ3v) is 8.33. The molecule has 2 bridgehead atoms.